The zero-order valence-corrected chi connectivity index (χ0v) is 23.2. The average Bonchev–Trinajstić information content (AvgIpc) is 2.92. The van der Waals surface area contributed by atoms with Crippen molar-refractivity contribution in [2.24, 2.45) is 5.92 Å². The highest BCUT2D eigenvalue weighted by Crippen LogP contribution is 2.32. The van der Waals surface area contributed by atoms with E-state index in [4.69, 9.17) is 0 Å². The number of amides is 3. The Morgan fingerprint density at radius 2 is 0.651 bits per heavy atom. The van der Waals surface area contributed by atoms with Crippen molar-refractivity contribution < 1.29 is 75.7 Å². The number of aliphatic hydroxyl groups is 12. The molecule has 0 saturated heterocycles. The van der Waals surface area contributed by atoms with E-state index in [1.165, 1.54) is 0 Å². The maximum Gasteiger partial charge on any atom is 0.252 e. The molecule has 0 aromatic rings. The number of hydrogen-bond acceptors (Lipinski definition) is 15. The van der Waals surface area contributed by atoms with Gasteiger partial charge in [0.2, 0.25) is 0 Å². The zero-order valence-electron chi connectivity index (χ0n) is 23.2. The standard InChI is InChI=1S/C25H43N3O15/c29-11-1-23(41,2-12(30)17(11)35)20(38)26-7-10(8-27-21(39)24(42)3-13(31)18(36)14(32)4-24)9-28-22(40)25(43)5-15(33)19(37)16(34)6-25/h10-19,29-37,41-43H,1-9H2,(H,26,38)(H,27,39)(H,28,40)/t10?,11-,12-,13-,14-,15-,16-,17?,18?,19?,23?,24?,25?/m1/s1. The molecule has 18 nitrogen and oxygen atoms in total. The topological polar surface area (TPSA) is 330 Å². The molecule has 3 aliphatic rings. The van der Waals surface area contributed by atoms with Crippen LogP contribution in [0.4, 0.5) is 0 Å². The van der Waals surface area contributed by atoms with Crippen molar-refractivity contribution in [2.45, 2.75) is 110 Å². The third-order valence-corrected chi connectivity index (χ3v) is 8.57. The highest BCUT2D eigenvalue weighted by atomic mass is 16.4. The SMILES string of the molecule is O=C(NCC(CNC(=O)C1(O)C[C@@H](O)C(O)[C@H](O)C1)CNC(=O)C1(O)C[C@@H](O)C(O)[C@H](O)C1)C1(O)C[C@@H](O)C(O)[C@H](O)C1. The van der Waals surface area contributed by atoms with Crippen LogP contribution in [0, 0.1) is 5.92 Å². The van der Waals surface area contributed by atoms with Gasteiger partial charge < -0.3 is 77.2 Å². The van der Waals surface area contributed by atoms with E-state index in [9.17, 15) is 75.7 Å². The fraction of sp³-hybridized carbons (Fsp3) is 0.880. The summed E-state index contributed by atoms with van der Waals surface area (Å²) in [4.78, 5) is 38.5. The van der Waals surface area contributed by atoms with Gasteiger partial charge in [0, 0.05) is 64.1 Å². The summed E-state index contributed by atoms with van der Waals surface area (Å²) in [6.45, 7) is -1.16. The lowest BCUT2D eigenvalue weighted by Crippen LogP contribution is -2.61. The Kier molecular flexibility index (Phi) is 11.1. The monoisotopic (exact) mass is 625 g/mol. The van der Waals surface area contributed by atoms with Gasteiger partial charge >= 0.3 is 0 Å². The number of rotatable bonds is 9. The fourth-order valence-electron chi connectivity index (χ4n) is 5.80. The Hall–Kier alpha value is -2.07. The van der Waals surface area contributed by atoms with E-state index in [2.05, 4.69) is 16.0 Å². The van der Waals surface area contributed by atoms with Gasteiger partial charge in [-0.25, -0.2) is 0 Å². The smallest absolute Gasteiger partial charge is 0.252 e. The summed E-state index contributed by atoms with van der Waals surface area (Å²) in [5.41, 5.74) is -6.86. The van der Waals surface area contributed by atoms with Gasteiger partial charge in [0.15, 0.2) is 0 Å². The second-order valence-electron chi connectivity index (χ2n) is 12.2. The van der Waals surface area contributed by atoms with Crippen LogP contribution in [0.5, 0.6) is 0 Å². The van der Waals surface area contributed by atoms with Crippen LogP contribution in [0.25, 0.3) is 0 Å². The molecule has 0 heterocycles. The van der Waals surface area contributed by atoms with Crippen molar-refractivity contribution in [3.63, 3.8) is 0 Å². The van der Waals surface area contributed by atoms with Gasteiger partial charge in [-0.3, -0.25) is 14.4 Å². The lowest BCUT2D eigenvalue weighted by atomic mass is 9.79. The minimum Gasteiger partial charge on any atom is -0.390 e. The summed E-state index contributed by atoms with van der Waals surface area (Å²) in [5.74, 6) is -4.11. The Bertz CT molecular complexity index is 857. The molecule has 15 N–H and O–H groups in total. The maximum absolute atomic E-state index is 12.8. The number of carbonyl (C=O) groups is 3. The molecule has 6 atom stereocenters. The molecule has 18 heteroatoms. The van der Waals surface area contributed by atoms with E-state index < -0.39 is 134 Å². The van der Waals surface area contributed by atoms with E-state index in [1.54, 1.807) is 0 Å². The van der Waals surface area contributed by atoms with Crippen LogP contribution >= 0.6 is 0 Å². The van der Waals surface area contributed by atoms with Crippen LogP contribution in [0.2, 0.25) is 0 Å². The summed E-state index contributed by atoms with van der Waals surface area (Å²) in [5, 5.41) is 128. The lowest BCUT2D eigenvalue weighted by molar-refractivity contribution is -0.174. The van der Waals surface area contributed by atoms with Crippen molar-refractivity contribution in [3.05, 3.63) is 0 Å². The first kappa shape index (κ1) is 35.4. The molecule has 0 bridgehead atoms. The molecule has 0 unspecified atom stereocenters. The largest absolute Gasteiger partial charge is 0.390 e. The van der Waals surface area contributed by atoms with Crippen LogP contribution in [-0.2, 0) is 14.4 Å². The zero-order chi connectivity index (χ0) is 32.5. The minimum absolute atomic E-state index is 0.388. The summed E-state index contributed by atoms with van der Waals surface area (Å²) < 4.78 is 0. The fourth-order valence-corrected chi connectivity index (χ4v) is 5.80. The van der Waals surface area contributed by atoms with E-state index in [0.717, 1.165) is 0 Å². The molecule has 248 valence electrons. The molecule has 0 aliphatic heterocycles. The number of aliphatic hydroxyl groups excluding tert-OH is 9. The van der Waals surface area contributed by atoms with E-state index in [-0.39, 0.29) is 19.6 Å². The van der Waals surface area contributed by atoms with Gasteiger partial charge in [-0.1, -0.05) is 0 Å². The molecule has 0 aromatic heterocycles. The van der Waals surface area contributed by atoms with Crippen LogP contribution in [-0.4, -0.2) is 170 Å². The van der Waals surface area contributed by atoms with Crippen LogP contribution in [0.1, 0.15) is 38.5 Å². The van der Waals surface area contributed by atoms with Crippen molar-refractivity contribution >= 4 is 17.7 Å². The first-order valence-electron chi connectivity index (χ1n) is 14.0. The van der Waals surface area contributed by atoms with Gasteiger partial charge in [-0.2, -0.15) is 0 Å². The molecule has 3 rings (SSSR count). The molecule has 3 fully saturated rings. The van der Waals surface area contributed by atoms with Crippen molar-refractivity contribution in [1.82, 2.24) is 16.0 Å². The summed E-state index contributed by atoms with van der Waals surface area (Å²) >= 11 is 0. The Balaban J connectivity index is 1.68. The van der Waals surface area contributed by atoms with Gasteiger partial charge in [0.25, 0.3) is 17.7 Å². The van der Waals surface area contributed by atoms with Crippen LogP contribution < -0.4 is 16.0 Å². The number of carbonyl (C=O) groups excluding carboxylic acids is 3. The average molecular weight is 626 g/mol. The van der Waals surface area contributed by atoms with Gasteiger partial charge in [0.1, 0.15) is 35.1 Å². The van der Waals surface area contributed by atoms with Gasteiger partial charge in [-0.15, -0.1) is 0 Å². The maximum atomic E-state index is 12.8. The summed E-state index contributed by atoms with van der Waals surface area (Å²) in [6.07, 6.45) is -18.1. The van der Waals surface area contributed by atoms with Gasteiger partial charge in [0.05, 0.1) is 36.6 Å². The predicted molar refractivity (Wildman–Crippen MR) is 139 cm³/mol. The molecule has 43 heavy (non-hydrogen) atoms. The van der Waals surface area contributed by atoms with E-state index >= 15 is 0 Å². The molecule has 3 saturated carbocycles. The first-order valence-corrected chi connectivity index (χ1v) is 14.0. The minimum atomic E-state index is -2.29. The summed E-state index contributed by atoms with van der Waals surface area (Å²) in [7, 11) is 0. The van der Waals surface area contributed by atoms with Gasteiger partial charge in [-0.05, 0) is 0 Å². The van der Waals surface area contributed by atoms with Crippen molar-refractivity contribution in [2.75, 3.05) is 19.6 Å². The quantitative estimate of drug-likeness (QED) is 0.113. The second-order valence-corrected chi connectivity index (χ2v) is 12.2. The van der Waals surface area contributed by atoms with E-state index in [1.807, 2.05) is 0 Å². The highest BCUT2D eigenvalue weighted by molar-refractivity contribution is 5.86. The normalized spacial score (nSPS) is 44.2. The molecule has 0 aromatic carbocycles. The molecular formula is C25H43N3O15. The Morgan fingerprint density at radius 3 is 0.837 bits per heavy atom. The van der Waals surface area contributed by atoms with Crippen LogP contribution in [0.15, 0.2) is 0 Å². The molecule has 3 aliphatic carbocycles. The lowest BCUT2D eigenvalue weighted by Gasteiger charge is -2.40. The number of hydrogen-bond donors (Lipinski definition) is 15. The van der Waals surface area contributed by atoms with Crippen LogP contribution in [0.3, 0.4) is 0 Å². The third kappa shape index (κ3) is 7.96. The van der Waals surface area contributed by atoms with Crippen molar-refractivity contribution in [1.29, 1.82) is 0 Å². The molecular weight excluding hydrogens is 582 g/mol. The Labute approximate surface area is 245 Å². The Morgan fingerprint density at radius 1 is 0.465 bits per heavy atom. The van der Waals surface area contributed by atoms with Crippen molar-refractivity contribution in [3.8, 4) is 0 Å². The molecule has 3 amide bonds. The first-order chi connectivity index (χ1) is 19.8. The number of nitrogens with one attached hydrogen (secondary N) is 3. The second kappa shape index (κ2) is 13.5. The predicted octanol–water partition coefficient (Wildman–Crippen LogP) is -8.23. The summed E-state index contributed by atoms with van der Waals surface area (Å²) in [6, 6.07) is 0. The third-order valence-electron chi connectivity index (χ3n) is 8.57. The van der Waals surface area contributed by atoms with E-state index in [0.29, 0.717) is 0 Å². The molecule has 0 spiro atoms. The molecule has 0 radical (unpaired) electrons. The highest BCUT2D eigenvalue weighted by Gasteiger charge is 2.50.